The van der Waals surface area contributed by atoms with Crippen molar-refractivity contribution >= 4 is 19.8 Å². The van der Waals surface area contributed by atoms with Gasteiger partial charge in [0.1, 0.15) is 6.61 Å². The quantitative estimate of drug-likeness (QED) is 0.0285. The van der Waals surface area contributed by atoms with Crippen LogP contribution in [0, 0.1) is 0 Å². The van der Waals surface area contributed by atoms with Crippen LogP contribution in [0.2, 0.25) is 0 Å². The van der Waals surface area contributed by atoms with Gasteiger partial charge in [-0.25, -0.2) is 4.57 Å². The van der Waals surface area contributed by atoms with Gasteiger partial charge in [0.25, 0.3) is 0 Å². The van der Waals surface area contributed by atoms with Crippen LogP contribution in [0.1, 0.15) is 155 Å². The Morgan fingerprint density at radius 2 is 1.12 bits per heavy atom. The molecule has 49 heavy (non-hydrogen) atoms. The first kappa shape index (κ1) is 47.0. The summed E-state index contributed by atoms with van der Waals surface area (Å²) < 4.78 is 32.6. The number of hydrogen-bond donors (Lipinski definition) is 2. The van der Waals surface area contributed by atoms with Crippen LogP contribution in [0.25, 0.3) is 0 Å². The van der Waals surface area contributed by atoms with E-state index in [0.29, 0.717) is 12.8 Å². The number of phosphoric acid groups is 1. The number of esters is 2. The zero-order valence-corrected chi connectivity index (χ0v) is 31.8. The Hall–Kier alpha value is -2.03. The second-order valence-electron chi connectivity index (χ2n) is 12.4. The molecule has 10 heteroatoms. The summed E-state index contributed by atoms with van der Waals surface area (Å²) in [7, 11) is -4.38. The highest BCUT2D eigenvalue weighted by Gasteiger charge is 2.25. The molecule has 0 aliphatic carbocycles. The molecule has 0 heterocycles. The van der Waals surface area contributed by atoms with Gasteiger partial charge in [-0.15, -0.1) is 0 Å². The summed E-state index contributed by atoms with van der Waals surface area (Å²) in [4.78, 5) is 34.7. The fraction of sp³-hybridized carbons (Fsp3) is 0.744. The number of allylic oxidation sites excluding steroid dienone is 8. The summed E-state index contributed by atoms with van der Waals surface area (Å²) in [5.74, 6) is -0.863. The topological polar surface area (TPSA) is 134 Å². The molecule has 0 aliphatic rings. The van der Waals surface area contributed by atoms with Crippen LogP contribution in [0.4, 0.5) is 0 Å². The molecule has 0 aliphatic heterocycles. The predicted octanol–water partition coefficient (Wildman–Crippen LogP) is 10.4. The van der Waals surface area contributed by atoms with Gasteiger partial charge in [-0.05, 0) is 70.6 Å². The Morgan fingerprint density at radius 1 is 0.633 bits per heavy atom. The van der Waals surface area contributed by atoms with Gasteiger partial charge in [-0.3, -0.25) is 18.6 Å². The molecule has 1 unspecified atom stereocenters. The first-order chi connectivity index (χ1) is 23.8. The maximum Gasteiger partial charge on any atom is 0.472 e. The number of ether oxygens (including phenoxy) is 2. The van der Waals surface area contributed by atoms with Gasteiger partial charge in [0.2, 0.25) is 0 Å². The highest BCUT2D eigenvalue weighted by Crippen LogP contribution is 2.43. The lowest BCUT2D eigenvalue weighted by atomic mass is 10.1. The summed E-state index contributed by atoms with van der Waals surface area (Å²) in [6.07, 6.45) is 38.5. The SMILES string of the molecule is CC/C=C\C/C=C\C/C=C\CCCCCCCC(=O)OC[C@H](COP(=O)(O)OCCN)OC(=O)CCCCCCC/C=C\CCCCCC. The van der Waals surface area contributed by atoms with Gasteiger partial charge in [0.05, 0.1) is 13.2 Å². The lowest BCUT2D eigenvalue weighted by molar-refractivity contribution is -0.161. The molecule has 0 fully saturated rings. The third-order valence-electron chi connectivity index (χ3n) is 7.70. The van der Waals surface area contributed by atoms with E-state index in [-0.39, 0.29) is 32.6 Å². The van der Waals surface area contributed by atoms with E-state index in [1.807, 2.05) is 0 Å². The van der Waals surface area contributed by atoms with E-state index in [2.05, 4.69) is 62.5 Å². The summed E-state index contributed by atoms with van der Waals surface area (Å²) >= 11 is 0. The Balaban J connectivity index is 4.27. The smallest absolute Gasteiger partial charge is 0.462 e. The lowest BCUT2D eigenvalue weighted by Crippen LogP contribution is -2.29. The number of rotatable bonds is 35. The Labute approximate surface area is 298 Å². The highest BCUT2D eigenvalue weighted by atomic mass is 31.2. The van der Waals surface area contributed by atoms with Crippen molar-refractivity contribution in [1.29, 1.82) is 0 Å². The van der Waals surface area contributed by atoms with Gasteiger partial charge in [0, 0.05) is 19.4 Å². The molecule has 9 nitrogen and oxygen atoms in total. The second kappa shape index (κ2) is 35.8. The minimum Gasteiger partial charge on any atom is -0.462 e. The highest BCUT2D eigenvalue weighted by molar-refractivity contribution is 7.47. The minimum absolute atomic E-state index is 0.0479. The first-order valence-corrected chi connectivity index (χ1v) is 20.6. The first-order valence-electron chi connectivity index (χ1n) is 19.1. The van der Waals surface area contributed by atoms with Crippen LogP contribution >= 0.6 is 7.82 Å². The van der Waals surface area contributed by atoms with Crippen LogP contribution in [-0.4, -0.2) is 49.3 Å². The molecule has 0 amide bonds. The van der Waals surface area contributed by atoms with E-state index >= 15 is 0 Å². The van der Waals surface area contributed by atoms with Crippen LogP contribution in [0.3, 0.4) is 0 Å². The average molecular weight is 712 g/mol. The standard InChI is InChI=1S/C39H70NO8P/c1-3-5-7-9-11-13-15-17-18-20-21-23-25-27-29-31-38(41)45-35-37(36-47-49(43,44)46-34-33-40)48-39(42)32-30-28-26-24-22-19-16-14-12-10-8-6-4-2/h5,7,11,13-14,16-18,37H,3-4,6,8-10,12,15,19-36,40H2,1-2H3,(H,43,44)/b7-5-,13-11-,16-14-,18-17-/t37-/m1/s1. The maximum atomic E-state index is 12.5. The largest absolute Gasteiger partial charge is 0.472 e. The molecule has 0 aromatic rings. The van der Waals surface area contributed by atoms with Crippen molar-refractivity contribution in [1.82, 2.24) is 0 Å². The van der Waals surface area contributed by atoms with Crippen molar-refractivity contribution in [3.05, 3.63) is 48.6 Å². The van der Waals surface area contributed by atoms with Crippen molar-refractivity contribution in [2.45, 2.75) is 161 Å². The second-order valence-corrected chi connectivity index (χ2v) is 13.9. The average Bonchev–Trinajstić information content (AvgIpc) is 3.08. The van der Waals surface area contributed by atoms with Crippen LogP contribution < -0.4 is 5.73 Å². The third kappa shape index (κ3) is 35.6. The normalized spacial score (nSPS) is 14.0. The fourth-order valence-corrected chi connectivity index (χ4v) is 5.64. The van der Waals surface area contributed by atoms with Crippen molar-refractivity contribution in [3.63, 3.8) is 0 Å². The molecule has 0 aromatic heterocycles. The lowest BCUT2D eigenvalue weighted by Gasteiger charge is -2.19. The molecule has 0 rings (SSSR count). The molecule has 0 saturated carbocycles. The van der Waals surface area contributed by atoms with Crippen molar-refractivity contribution in [2.75, 3.05) is 26.4 Å². The number of carbonyl (C=O) groups excluding carboxylic acids is 2. The van der Waals surface area contributed by atoms with Gasteiger partial charge in [-0.1, -0.05) is 120 Å². The Morgan fingerprint density at radius 3 is 1.69 bits per heavy atom. The van der Waals surface area contributed by atoms with E-state index in [4.69, 9.17) is 24.3 Å². The third-order valence-corrected chi connectivity index (χ3v) is 8.68. The number of unbranched alkanes of at least 4 members (excludes halogenated alkanes) is 14. The summed E-state index contributed by atoms with van der Waals surface area (Å²) in [5, 5.41) is 0. The number of hydrogen-bond acceptors (Lipinski definition) is 8. The Kier molecular flexibility index (Phi) is 34.3. The van der Waals surface area contributed by atoms with Gasteiger partial charge in [-0.2, -0.15) is 0 Å². The molecular formula is C39H70NO8P. The van der Waals surface area contributed by atoms with Crippen LogP contribution in [0.5, 0.6) is 0 Å². The van der Waals surface area contributed by atoms with E-state index in [0.717, 1.165) is 83.5 Å². The zero-order valence-electron chi connectivity index (χ0n) is 30.9. The minimum atomic E-state index is -4.38. The zero-order chi connectivity index (χ0) is 36.1. The summed E-state index contributed by atoms with van der Waals surface area (Å²) in [5.41, 5.74) is 5.33. The molecule has 3 N–H and O–H groups in total. The molecule has 0 radical (unpaired) electrons. The van der Waals surface area contributed by atoms with Gasteiger partial charge in [0.15, 0.2) is 6.10 Å². The number of phosphoric ester groups is 1. The van der Waals surface area contributed by atoms with E-state index in [9.17, 15) is 19.0 Å². The number of nitrogens with two attached hydrogens (primary N) is 1. The van der Waals surface area contributed by atoms with Crippen LogP contribution in [-0.2, 0) is 32.7 Å². The monoisotopic (exact) mass is 711 g/mol. The fourth-order valence-electron chi connectivity index (χ4n) is 4.88. The van der Waals surface area contributed by atoms with E-state index in [1.54, 1.807) is 0 Å². The summed E-state index contributed by atoms with van der Waals surface area (Å²) in [6, 6.07) is 0. The van der Waals surface area contributed by atoms with E-state index < -0.39 is 32.5 Å². The molecule has 0 saturated heterocycles. The molecule has 2 atom stereocenters. The van der Waals surface area contributed by atoms with Gasteiger partial charge >= 0.3 is 19.8 Å². The molecule has 0 bridgehead atoms. The molecule has 0 spiro atoms. The molecule has 0 aromatic carbocycles. The van der Waals surface area contributed by atoms with E-state index in [1.165, 1.54) is 32.1 Å². The molecular weight excluding hydrogens is 641 g/mol. The van der Waals surface area contributed by atoms with Crippen LogP contribution in [0.15, 0.2) is 48.6 Å². The Bertz CT molecular complexity index is 949. The van der Waals surface area contributed by atoms with Crippen molar-refractivity contribution < 1.29 is 37.6 Å². The summed E-state index contributed by atoms with van der Waals surface area (Å²) in [6.45, 7) is 3.55. The van der Waals surface area contributed by atoms with Gasteiger partial charge < -0.3 is 20.1 Å². The van der Waals surface area contributed by atoms with Crippen molar-refractivity contribution in [2.24, 2.45) is 5.73 Å². The molecule has 284 valence electrons. The van der Waals surface area contributed by atoms with Crippen molar-refractivity contribution in [3.8, 4) is 0 Å². The predicted molar refractivity (Wildman–Crippen MR) is 201 cm³/mol. The number of carbonyl (C=O) groups is 2. The maximum absolute atomic E-state index is 12.5.